The van der Waals surface area contributed by atoms with Gasteiger partial charge in [0.15, 0.2) is 8.32 Å². The zero-order valence-corrected chi connectivity index (χ0v) is 16.1. The predicted molar refractivity (Wildman–Crippen MR) is 91.7 cm³/mol. The van der Waals surface area contributed by atoms with Crippen molar-refractivity contribution in [3.8, 4) is 0 Å². The molecule has 2 aliphatic rings. The van der Waals surface area contributed by atoms with E-state index in [9.17, 15) is 4.79 Å². The van der Waals surface area contributed by atoms with Crippen LogP contribution in [0.1, 0.15) is 40.0 Å². The topological polar surface area (TPSA) is 38.8 Å². The third kappa shape index (κ3) is 3.99. The van der Waals surface area contributed by atoms with E-state index in [-0.39, 0.29) is 11.0 Å². The first kappa shape index (κ1) is 18.1. The molecular formula is C17H33NO3Si. The van der Waals surface area contributed by atoms with Gasteiger partial charge in [0.25, 0.3) is 0 Å². The first-order chi connectivity index (χ1) is 10.1. The number of morpholine rings is 1. The Hall–Kier alpha value is -0.233. The molecule has 0 saturated carbocycles. The number of nitrogens with zero attached hydrogens (tertiary/aromatic N) is 1. The standard InChI is InChI=1S/C17H33NO3Si/c1-17(2,3)22(5,6)21-8-7-16(19)13-9-14-11-20-12-15(10-13)18(14)4/h13-15H,7-12H2,1-6H3. The Kier molecular flexibility index (Phi) is 5.53. The van der Waals surface area contributed by atoms with Gasteiger partial charge >= 0.3 is 0 Å². The van der Waals surface area contributed by atoms with E-state index in [1.807, 2.05) is 0 Å². The fourth-order valence-electron chi connectivity index (χ4n) is 3.19. The number of carbonyl (C=O) groups excluding carboxylic acids is 1. The van der Waals surface area contributed by atoms with Crippen LogP contribution in [0.15, 0.2) is 0 Å². The van der Waals surface area contributed by atoms with Gasteiger partial charge < -0.3 is 9.16 Å². The van der Waals surface area contributed by atoms with E-state index in [1.165, 1.54) is 0 Å². The van der Waals surface area contributed by atoms with Crippen LogP contribution in [0.3, 0.4) is 0 Å². The summed E-state index contributed by atoms with van der Waals surface area (Å²) in [5.74, 6) is 0.599. The molecule has 2 aliphatic heterocycles. The lowest BCUT2D eigenvalue weighted by Gasteiger charge is -2.46. The molecular weight excluding hydrogens is 294 g/mol. The van der Waals surface area contributed by atoms with Crippen molar-refractivity contribution in [1.29, 1.82) is 0 Å². The summed E-state index contributed by atoms with van der Waals surface area (Å²) in [6.07, 6.45) is 2.47. The van der Waals surface area contributed by atoms with Crippen molar-refractivity contribution in [3.63, 3.8) is 0 Å². The number of Topliss-reactive ketones (excluding diaryl/α,β-unsaturated/α-hetero) is 1. The minimum Gasteiger partial charge on any atom is -0.416 e. The van der Waals surface area contributed by atoms with Crippen LogP contribution in [0.5, 0.6) is 0 Å². The van der Waals surface area contributed by atoms with Gasteiger partial charge in [-0.25, -0.2) is 0 Å². The van der Waals surface area contributed by atoms with Crippen molar-refractivity contribution in [2.75, 3.05) is 26.9 Å². The SMILES string of the molecule is CN1C2COCC1CC(C(=O)CCO[Si](C)(C)C(C)(C)C)C2. The Morgan fingerprint density at radius 2 is 1.77 bits per heavy atom. The van der Waals surface area contributed by atoms with E-state index in [4.69, 9.17) is 9.16 Å². The third-order valence-electron chi connectivity index (χ3n) is 5.96. The molecule has 2 heterocycles. The maximum Gasteiger partial charge on any atom is 0.191 e. The molecule has 2 fully saturated rings. The number of hydrogen-bond acceptors (Lipinski definition) is 4. The molecule has 2 unspecified atom stereocenters. The lowest BCUT2D eigenvalue weighted by molar-refractivity contribution is -0.131. The maximum atomic E-state index is 12.5. The fraction of sp³-hybridized carbons (Fsp3) is 0.941. The Labute approximate surface area is 136 Å². The molecule has 22 heavy (non-hydrogen) atoms. The lowest BCUT2D eigenvalue weighted by Crippen LogP contribution is -2.55. The van der Waals surface area contributed by atoms with E-state index in [1.54, 1.807) is 0 Å². The van der Waals surface area contributed by atoms with Gasteiger partial charge in [0.2, 0.25) is 0 Å². The molecule has 0 aromatic carbocycles. The van der Waals surface area contributed by atoms with Gasteiger partial charge in [-0.1, -0.05) is 20.8 Å². The highest BCUT2D eigenvalue weighted by Crippen LogP contribution is 2.37. The minimum absolute atomic E-state index is 0.206. The lowest BCUT2D eigenvalue weighted by atomic mass is 9.82. The predicted octanol–water partition coefficient (Wildman–Crippen LogP) is 3.08. The number of ketones is 1. The van der Waals surface area contributed by atoms with Crippen LogP contribution in [0.2, 0.25) is 18.1 Å². The first-order valence-electron chi connectivity index (χ1n) is 8.58. The minimum atomic E-state index is -1.74. The van der Waals surface area contributed by atoms with Gasteiger partial charge in [0.05, 0.1) is 13.2 Å². The third-order valence-corrected chi connectivity index (χ3v) is 10.5. The molecule has 0 aromatic rings. The van der Waals surface area contributed by atoms with E-state index in [0.29, 0.717) is 30.9 Å². The second kappa shape index (κ2) is 6.71. The molecule has 128 valence electrons. The highest BCUT2D eigenvalue weighted by molar-refractivity contribution is 6.74. The summed E-state index contributed by atoms with van der Waals surface area (Å²) in [5, 5.41) is 0.206. The van der Waals surface area contributed by atoms with Crippen LogP contribution >= 0.6 is 0 Å². The number of carbonyl (C=O) groups is 1. The highest BCUT2D eigenvalue weighted by atomic mass is 28.4. The van der Waals surface area contributed by atoms with E-state index in [0.717, 1.165) is 26.1 Å². The molecule has 0 aliphatic carbocycles. The van der Waals surface area contributed by atoms with Crippen molar-refractivity contribution < 1.29 is 14.0 Å². The van der Waals surface area contributed by atoms with Crippen LogP contribution in [0.25, 0.3) is 0 Å². The summed E-state index contributed by atoms with van der Waals surface area (Å²) in [5.41, 5.74) is 0. The molecule has 0 amide bonds. The Bertz CT molecular complexity index is 391. The smallest absolute Gasteiger partial charge is 0.191 e. The van der Waals surface area contributed by atoms with Gasteiger partial charge in [-0.05, 0) is 38.0 Å². The van der Waals surface area contributed by atoms with Gasteiger partial charge in [-0.2, -0.15) is 0 Å². The Morgan fingerprint density at radius 1 is 1.23 bits per heavy atom. The molecule has 0 radical (unpaired) electrons. The molecule has 2 bridgehead atoms. The second-order valence-corrected chi connectivity index (χ2v) is 13.3. The quantitative estimate of drug-likeness (QED) is 0.728. The molecule has 4 nitrogen and oxygen atoms in total. The van der Waals surface area contributed by atoms with Crippen LogP contribution in [0, 0.1) is 5.92 Å². The number of likely N-dealkylation sites (N-methyl/N-ethyl adjacent to an activating group) is 1. The maximum absolute atomic E-state index is 12.5. The van der Waals surface area contributed by atoms with Crippen LogP contribution < -0.4 is 0 Å². The van der Waals surface area contributed by atoms with Gasteiger partial charge in [-0.15, -0.1) is 0 Å². The summed E-state index contributed by atoms with van der Waals surface area (Å²) < 4.78 is 11.8. The molecule has 2 saturated heterocycles. The van der Waals surface area contributed by atoms with Crippen LogP contribution in [0.4, 0.5) is 0 Å². The Morgan fingerprint density at radius 3 is 2.27 bits per heavy atom. The van der Waals surface area contributed by atoms with E-state index < -0.39 is 8.32 Å². The highest BCUT2D eigenvalue weighted by Gasteiger charge is 2.40. The fourth-order valence-corrected chi connectivity index (χ4v) is 4.23. The molecule has 2 rings (SSSR count). The van der Waals surface area contributed by atoms with Crippen molar-refractivity contribution in [2.45, 2.75) is 70.2 Å². The average molecular weight is 328 g/mol. The average Bonchev–Trinajstić information content (AvgIpc) is 2.36. The van der Waals surface area contributed by atoms with Crippen molar-refractivity contribution >= 4 is 14.1 Å². The van der Waals surface area contributed by atoms with Gasteiger partial charge in [0.1, 0.15) is 5.78 Å². The normalized spacial score (nSPS) is 30.4. The summed E-state index contributed by atoms with van der Waals surface area (Å²) in [4.78, 5) is 14.9. The molecule has 5 heteroatoms. The van der Waals surface area contributed by atoms with Crippen molar-refractivity contribution in [3.05, 3.63) is 0 Å². The summed E-state index contributed by atoms with van der Waals surface area (Å²) in [6, 6.07) is 0.838. The number of fused-ring (bicyclic) bond motifs is 2. The number of piperidine rings is 1. The molecule has 0 N–H and O–H groups in total. The monoisotopic (exact) mass is 327 g/mol. The van der Waals surface area contributed by atoms with Gasteiger partial charge in [0, 0.05) is 31.0 Å². The summed E-state index contributed by atoms with van der Waals surface area (Å²) >= 11 is 0. The van der Waals surface area contributed by atoms with E-state index >= 15 is 0 Å². The number of hydrogen-bond donors (Lipinski definition) is 0. The van der Waals surface area contributed by atoms with Crippen LogP contribution in [-0.2, 0) is 14.0 Å². The van der Waals surface area contributed by atoms with E-state index in [2.05, 4.69) is 45.8 Å². The second-order valence-electron chi connectivity index (χ2n) is 8.50. The zero-order valence-electron chi connectivity index (χ0n) is 15.1. The number of rotatable bonds is 5. The molecule has 0 spiro atoms. The van der Waals surface area contributed by atoms with Gasteiger partial charge in [-0.3, -0.25) is 9.69 Å². The molecule has 0 aromatic heterocycles. The number of ether oxygens (including phenoxy) is 1. The zero-order chi connectivity index (χ0) is 16.5. The van der Waals surface area contributed by atoms with Crippen molar-refractivity contribution in [2.24, 2.45) is 5.92 Å². The van der Waals surface area contributed by atoms with Crippen molar-refractivity contribution in [1.82, 2.24) is 4.90 Å². The summed E-state index contributed by atoms with van der Waals surface area (Å²) in [6.45, 7) is 13.3. The largest absolute Gasteiger partial charge is 0.416 e. The summed E-state index contributed by atoms with van der Waals surface area (Å²) in [7, 11) is 0.430. The molecule has 2 atom stereocenters. The first-order valence-corrected chi connectivity index (χ1v) is 11.5. The van der Waals surface area contributed by atoms with Crippen LogP contribution in [-0.4, -0.2) is 58.0 Å². The Balaban J connectivity index is 1.81.